The first-order chi connectivity index (χ1) is 12.0. The van der Waals surface area contributed by atoms with E-state index in [1.165, 1.54) is 16.8 Å². The Morgan fingerprint density at radius 2 is 1.68 bits per heavy atom. The van der Waals surface area contributed by atoms with Gasteiger partial charge in [-0.15, -0.1) is 0 Å². The van der Waals surface area contributed by atoms with Gasteiger partial charge in [0.2, 0.25) is 0 Å². The summed E-state index contributed by atoms with van der Waals surface area (Å²) < 4.78 is 0. The molecule has 0 fully saturated rings. The van der Waals surface area contributed by atoms with Crippen LogP contribution in [0.5, 0.6) is 0 Å². The zero-order valence-corrected chi connectivity index (χ0v) is 15.3. The lowest BCUT2D eigenvalue weighted by atomic mass is 9.98. The van der Waals surface area contributed by atoms with Crippen LogP contribution in [0.2, 0.25) is 0 Å². The number of carbonyl (C=O) groups excluding carboxylic acids is 1. The van der Waals surface area contributed by atoms with Crippen molar-refractivity contribution in [3.63, 3.8) is 0 Å². The number of amidine groups is 1. The van der Waals surface area contributed by atoms with E-state index in [2.05, 4.69) is 35.9 Å². The minimum atomic E-state index is -0.181. The van der Waals surface area contributed by atoms with Gasteiger partial charge in [-0.1, -0.05) is 61.9 Å². The highest BCUT2D eigenvalue weighted by molar-refractivity contribution is 6.08. The van der Waals surface area contributed by atoms with Crippen molar-refractivity contribution in [2.24, 2.45) is 10.9 Å². The van der Waals surface area contributed by atoms with Crippen LogP contribution in [0.1, 0.15) is 41.8 Å². The van der Waals surface area contributed by atoms with Crippen molar-refractivity contribution in [2.75, 3.05) is 7.05 Å². The molecule has 0 saturated heterocycles. The van der Waals surface area contributed by atoms with Gasteiger partial charge in [-0.05, 0) is 36.1 Å². The van der Waals surface area contributed by atoms with Crippen LogP contribution in [-0.4, -0.2) is 23.7 Å². The monoisotopic (exact) mass is 332 g/mol. The van der Waals surface area contributed by atoms with Crippen LogP contribution in [0.4, 0.5) is 0 Å². The van der Waals surface area contributed by atoms with E-state index in [9.17, 15) is 4.79 Å². The molecule has 1 amide bonds. The van der Waals surface area contributed by atoms with Crippen molar-refractivity contribution >= 4 is 17.3 Å². The van der Waals surface area contributed by atoms with E-state index >= 15 is 0 Å². The second-order valence-corrected chi connectivity index (χ2v) is 6.82. The molecule has 0 spiro atoms. The zero-order chi connectivity index (χ0) is 18.0. The first-order valence-corrected chi connectivity index (χ1v) is 8.68. The molecule has 0 bridgehead atoms. The maximum absolute atomic E-state index is 12.5. The minimum Gasteiger partial charge on any atom is -0.336 e. The fraction of sp³-hybridized carbons (Fsp3) is 0.273. The van der Waals surface area contributed by atoms with Crippen molar-refractivity contribution < 1.29 is 4.79 Å². The Hall–Kier alpha value is -2.68. The molecular formula is C22H24N2O. The lowest BCUT2D eigenvalue weighted by Crippen LogP contribution is -2.23. The van der Waals surface area contributed by atoms with E-state index < -0.39 is 0 Å². The van der Waals surface area contributed by atoms with Gasteiger partial charge >= 0.3 is 0 Å². The van der Waals surface area contributed by atoms with Gasteiger partial charge in [0.25, 0.3) is 5.91 Å². The number of benzene rings is 2. The number of allylic oxidation sites excluding steroid dienone is 1. The van der Waals surface area contributed by atoms with Gasteiger partial charge in [0, 0.05) is 24.7 Å². The molecule has 2 aromatic carbocycles. The molecule has 2 aromatic rings. The number of carbonyl (C=O) groups is 1. The number of aliphatic imine (C=N–C) groups is 1. The summed E-state index contributed by atoms with van der Waals surface area (Å²) in [5.41, 5.74) is 5.46. The number of amides is 1. The van der Waals surface area contributed by atoms with E-state index in [-0.39, 0.29) is 5.91 Å². The van der Waals surface area contributed by atoms with Crippen molar-refractivity contribution in [2.45, 2.75) is 27.2 Å². The summed E-state index contributed by atoms with van der Waals surface area (Å²) in [5, 5.41) is 0. The fourth-order valence-corrected chi connectivity index (χ4v) is 3.33. The highest BCUT2D eigenvalue weighted by Crippen LogP contribution is 2.35. The Kier molecular flexibility index (Phi) is 4.84. The predicted octanol–water partition coefficient (Wildman–Crippen LogP) is 4.94. The standard InChI is InChI=1S/C22H24N2O/c1-15(2)21-19(17-8-6-5-7-9-17)14-20(24(21)4)23-22(25)18-12-10-16(3)11-13-18/h5-13,15H,14H2,1-4H3. The molecule has 3 rings (SSSR count). The maximum atomic E-state index is 12.5. The first-order valence-electron chi connectivity index (χ1n) is 8.68. The molecule has 0 N–H and O–H groups in total. The van der Waals surface area contributed by atoms with E-state index in [0.29, 0.717) is 17.9 Å². The molecule has 0 aromatic heterocycles. The summed E-state index contributed by atoms with van der Waals surface area (Å²) in [6.45, 7) is 6.37. The third-order valence-electron chi connectivity index (χ3n) is 4.59. The minimum absolute atomic E-state index is 0.181. The highest BCUT2D eigenvalue weighted by atomic mass is 16.1. The zero-order valence-electron chi connectivity index (χ0n) is 15.3. The SMILES string of the molecule is Cc1ccc(C(=O)N=C2CC(c3ccccc3)=C(C(C)C)N2C)cc1. The van der Waals surface area contributed by atoms with Crippen LogP contribution in [0.25, 0.3) is 5.57 Å². The molecule has 25 heavy (non-hydrogen) atoms. The molecular weight excluding hydrogens is 308 g/mol. The average Bonchev–Trinajstić information content (AvgIpc) is 2.93. The second kappa shape index (κ2) is 7.06. The fourth-order valence-electron chi connectivity index (χ4n) is 3.33. The third-order valence-corrected chi connectivity index (χ3v) is 4.59. The molecule has 128 valence electrons. The summed E-state index contributed by atoms with van der Waals surface area (Å²) in [5.74, 6) is 0.995. The number of hydrogen-bond acceptors (Lipinski definition) is 1. The van der Waals surface area contributed by atoms with Crippen LogP contribution < -0.4 is 0 Å². The smallest absolute Gasteiger partial charge is 0.278 e. The van der Waals surface area contributed by atoms with Crippen molar-refractivity contribution in [1.29, 1.82) is 0 Å². The van der Waals surface area contributed by atoms with Crippen molar-refractivity contribution in [1.82, 2.24) is 4.90 Å². The van der Waals surface area contributed by atoms with Gasteiger partial charge in [0.15, 0.2) is 0 Å². The summed E-state index contributed by atoms with van der Waals surface area (Å²) in [7, 11) is 2.01. The molecule has 3 heteroatoms. The van der Waals surface area contributed by atoms with E-state index in [0.717, 1.165) is 11.4 Å². The van der Waals surface area contributed by atoms with Crippen LogP contribution >= 0.6 is 0 Å². The van der Waals surface area contributed by atoms with Crippen LogP contribution in [0.3, 0.4) is 0 Å². The Bertz CT molecular complexity index is 830. The maximum Gasteiger partial charge on any atom is 0.278 e. The summed E-state index contributed by atoms with van der Waals surface area (Å²) >= 11 is 0. The van der Waals surface area contributed by atoms with Gasteiger partial charge in [-0.3, -0.25) is 4.79 Å². The van der Waals surface area contributed by atoms with Crippen molar-refractivity contribution in [3.05, 3.63) is 77.0 Å². The largest absolute Gasteiger partial charge is 0.336 e. The number of aryl methyl sites for hydroxylation is 1. The molecule has 0 atom stereocenters. The van der Waals surface area contributed by atoms with E-state index in [1.807, 2.05) is 56.4 Å². The van der Waals surface area contributed by atoms with Crippen LogP contribution in [-0.2, 0) is 0 Å². The number of nitrogens with zero attached hydrogens (tertiary/aromatic N) is 2. The molecule has 0 saturated carbocycles. The van der Waals surface area contributed by atoms with Crippen molar-refractivity contribution in [3.8, 4) is 0 Å². The number of hydrogen-bond donors (Lipinski definition) is 0. The topological polar surface area (TPSA) is 32.7 Å². The molecule has 3 nitrogen and oxygen atoms in total. The summed E-state index contributed by atoms with van der Waals surface area (Å²) in [4.78, 5) is 19.1. The van der Waals surface area contributed by atoms with Gasteiger partial charge < -0.3 is 4.90 Å². The van der Waals surface area contributed by atoms with E-state index in [4.69, 9.17) is 0 Å². The molecule has 0 aliphatic carbocycles. The second-order valence-electron chi connectivity index (χ2n) is 6.82. The summed E-state index contributed by atoms with van der Waals surface area (Å²) in [6.07, 6.45) is 0.686. The number of rotatable bonds is 3. The quantitative estimate of drug-likeness (QED) is 0.798. The van der Waals surface area contributed by atoms with Gasteiger partial charge in [-0.25, -0.2) is 0 Å². The predicted molar refractivity (Wildman–Crippen MR) is 104 cm³/mol. The Balaban J connectivity index is 1.93. The lowest BCUT2D eigenvalue weighted by molar-refractivity contribution is 0.100. The van der Waals surface area contributed by atoms with E-state index in [1.54, 1.807) is 0 Å². The highest BCUT2D eigenvalue weighted by Gasteiger charge is 2.28. The molecule has 1 aliphatic heterocycles. The first kappa shape index (κ1) is 17.2. The molecule has 1 aliphatic rings. The van der Waals surface area contributed by atoms with Gasteiger partial charge in [0.05, 0.1) is 0 Å². The molecule has 0 radical (unpaired) electrons. The van der Waals surface area contributed by atoms with Gasteiger partial charge in [0.1, 0.15) is 5.84 Å². The normalized spacial score (nSPS) is 16.2. The third kappa shape index (κ3) is 3.55. The summed E-state index contributed by atoms with van der Waals surface area (Å²) in [6, 6.07) is 17.9. The Morgan fingerprint density at radius 3 is 2.28 bits per heavy atom. The molecule has 1 heterocycles. The van der Waals surface area contributed by atoms with Crippen LogP contribution in [0, 0.1) is 12.8 Å². The van der Waals surface area contributed by atoms with Crippen LogP contribution in [0.15, 0.2) is 65.3 Å². The molecule has 0 unspecified atom stereocenters. The Morgan fingerprint density at radius 1 is 1.04 bits per heavy atom. The Labute approximate surface area is 149 Å². The van der Waals surface area contributed by atoms with Gasteiger partial charge in [-0.2, -0.15) is 4.99 Å². The average molecular weight is 332 g/mol. The lowest BCUT2D eigenvalue weighted by Gasteiger charge is -2.21.